The Bertz CT molecular complexity index is 817. The van der Waals surface area contributed by atoms with E-state index in [0.29, 0.717) is 0 Å². The van der Waals surface area contributed by atoms with Gasteiger partial charge >= 0.3 is 0 Å². The molecule has 0 aliphatic rings. The number of fused-ring (bicyclic) bond motifs is 1. The van der Waals surface area contributed by atoms with Gasteiger partial charge in [-0.1, -0.05) is 6.07 Å². The molecule has 0 fully saturated rings. The van der Waals surface area contributed by atoms with Crippen LogP contribution in [0.25, 0.3) is 22.2 Å². The summed E-state index contributed by atoms with van der Waals surface area (Å²) in [5.74, 6) is 0. The number of aliphatic hydroxyl groups excluding tert-OH is 1. The molecular formula is C15H15N3O2. The second kappa shape index (κ2) is 4.94. The molecule has 1 aromatic carbocycles. The average Bonchev–Trinajstić information content (AvgIpc) is 2.83. The Labute approximate surface area is 115 Å². The molecule has 0 aliphatic heterocycles. The van der Waals surface area contributed by atoms with Crippen LogP contribution in [0.4, 0.5) is 0 Å². The van der Waals surface area contributed by atoms with Crippen LogP contribution in [0, 0.1) is 0 Å². The van der Waals surface area contributed by atoms with Crippen LogP contribution in [0.1, 0.15) is 0 Å². The molecule has 0 bridgehead atoms. The minimum Gasteiger partial charge on any atom is -0.394 e. The van der Waals surface area contributed by atoms with Crippen LogP contribution in [0.5, 0.6) is 0 Å². The Morgan fingerprint density at radius 1 is 1.20 bits per heavy atom. The first-order chi connectivity index (χ1) is 9.69. The highest BCUT2D eigenvalue weighted by Crippen LogP contribution is 2.22. The van der Waals surface area contributed by atoms with Crippen molar-refractivity contribution in [3.8, 4) is 11.3 Å². The Morgan fingerprint density at radius 2 is 2.05 bits per heavy atom. The van der Waals surface area contributed by atoms with E-state index >= 15 is 0 Å². The SMILES string of the molecule is Cn1ccc2cc(-c3ccc(=O)n(CCO)n3)ccc21. The van der Waals surface area contributed by atoms with Crippen LogP contribution in [0.2, 0.25) is 0 Å². The first-order valence-corrected chi connectivity index (χ1v) is 6.43. The smallest absolute Gasteiger partial charge is 0.266 e. The predicted octanol–water partition coefficient (Wildman–Crippen LogP) is 1.39. The maximum Gasteiger partial charge on any atom is 0.266 e. The zero-order valence-electron chi connectivity index (χ0n) is 11.2. The lowest BCUT2D eigenvalue weighted by atomic mass is 10.1. The molecule has 0 saturated carbocycles. The Hall–Kier alpha value is -2.40. The van der Waals surface area contributed by atoms with E-state index in [-0.39, 0.29) is 18.7 Å². The van der Waals surface area contributed by atoms with Crippen molar-refractivity contribution < 1.29 is 5.11 Å². The lowest BCUT2D eigenvalue weighted by molar-refractivity contribution is 0.266. The number of aliphatic hydroxyl groups is 1. The lowest BCUT2D eigenvalue weighted by Crippen LogP contribution is -2.23. The standard InChI is InChI=1S/C15H15N3O2/c1-17-7-6-12-10-11(2-4-14(12)17)13-3-5-15(20)18(16-13)8-9-19/h2-7,10,19H,8-9H2,1H3. The summed E-state index contributed by atoms with van der Waals surface area (Å²) >= 11 is 0. The molecule has 0 amide bonds. The maximum atomic E-state index is 11.6. The molecule has 0 saturated heterocycles. The van der Waals surface area contributed by atoms with Gasteiger partial charge < -0.3 is 9.67 Å². The highest BCUT2D eigenvalue weighted by atomic mass is 16.3. The Kier molecular flexibility index (Phi) is 3.12. The number of hydrogen-bond acceptors (Lipinski definition) is 3. The fourth-order valence-electron chi connectivity index (χ4n) is 2.30. The third-order valence-corrected chi connectivity index (χ3v) is 3.36. The van der Waals surface area contributed by atoms with Crippen molar-refractivity contribution in [2.45, 2.75) is 6.54 Å². The molecule has 0 atom stereocenters. The molecule has 3 aromatic rings. The van der Waals surface area contributed by atoms with E-state index in [9.17, 15) is 4.79 Å². The van der Waals surface area contributed by atoms with Gasteiger partial charge in [0.05, 0.1) is 18.8 Å². The van der Waals surface area contributed by atoms with E-state index in [4.69, 9.17) is 5.11 Å². The van der Waals surface area contributed by atoms with Gasteiger partial charge in [0.15, 0.2) is 0 Å². The van der Waals surface area contributed by atoms with Crippen molar-refractivity contribution >= 4 is 10.9 Å². The van der Waals surface area contributed by atoms with Crippen LogP contribution in [-0.4, -0.2) is 26.1 Å². The zero-order valence-corrected chi connectivity index (χ0v) is 11.2. The van der Waals surface area contributed by atoms with Gasteiger partial charge in [-0.2, -0.15) is 5.10 Å². The molecule has 0 spiro atoms. The van der Waals surface area contributed by atoms with E-state index in [1.165, 1.54) is 10.7 Å². The second-order valence-corrected chi connectivity index (χ2v) is 4.70. The average molecular weight is 269 g/mol. The molecule has 5 nitrogen and oxygen atoms in total. The quantitative estimate of drug-likeness (QED) is 0.781. The van der Waals surface area contributed by atoms with E-state index in [1.807, 2.05) is 37.5 Å². The third-order valence-electron chi connectivity index (χ3n) is 3.36. The Morgan fingerprint density at radius 3 is 2.85 bits per heavy atom. The van der Waals surface area contributed by atoms with E-state index < -0.39 is 0 Å². The number of benzene rings is 1. The van der Waals surface area contributed by atoms with Gasteiger partial charge in [0.1, 0.15) is 0 Å². The summed E-state index contributed by atoms with van der Waals surface area (Å²) in [6, 6.07) is 11.3. The van der Waals surface area contributed by atoms with Gasteiger partial charge in [0.2, 0.25) is 0 Å². The Balaban J connectivity index is 2.10. The van der Waals surface area contributed by atoms with Crippen molar-refractivity contribution in [3.05, 3.63) is 52.9 Å². The number of nitrogens with zero attached hydrogens (tertiary/aromatic N) is 3. The van der Waals surface area contributed by atoms with E-state index in [1.54, 1.807) is 6.07 Å². The van der Waals surface area contributed by atoms with E-state index in [0.717, 1.165) is 22.2 Å². The molecule has 1 N–H and O–H groups in total. The number of rotatable bonds is 3. The van der Waals surface area contributed by atoms with Gasteiger partial charge in [-0.15, -0.1) is 0 Å². The summed E-state index contributed by atoms with van der Waals surface area (Å²) in [7, 11) is 2.00. The van der Waals surface area contributed by atoms with Gasteiger partial charge in [0, 0.05) is 35.8 Å². The third kappa shape index (κ3) is 2.12. The second-order valence-electron chi connectivity index (χ2n) is 4.70. The monoisotopic (exact) mass is 269 g/mol. The van der Waals surface area contributed by atoms with Crippen molar-refractivity contribution in [2.24, 2.45) is 7.05 Å². The number of hydrogen-bond donors (Lipinski definition) is 1. The molecule has 0 radical (unpaired) electrons. The van der Waals surface area contributed by atoms with Crippen LogP contribution in [0.15, 0.2) is 47.4 Å². The van der Waals surface area contributed by atoms with Crippen LogP contribution >= 0.6 is 0 Å². The predicted molar refractivity (Wildman–Crippen MR) is 77.5 cm³/mol. The van der Waals surface area contributed by atoms with Crippen molar-refractivity contribution in [1.29, 1.82) is 0 Å². The van der Waals surface area contributed by atoms with Gasteiger partial charge in [-0.3, -0.25) is 4.79 Å². The number of aryl methyl sites for hydroxylation is 1. The highest BCUT2D eigenvalue weighted by molar-refractivity contribution is 5.84. The van der Waals surface area contributed by atoms with Crippen LogP contribution in [-0.2, 0) is 13.6 Å². The molecule has 3 rings (SSSR count). The van der Waals surface area contributed by atoms with Crippen LogP contribution < -0.4 is 5.56 Å². The van der Waals surface area contributed by atoms with Crippen molar-refractivity contribution in [3.63, 3.8) is 0 Å². The summed E-state index contributed by atoms with van der Waals surface area (Å²) in [5, 5.41) is 14.4. The first-order valence-electron chi connectivity index (χ1n) is 6.43. The molecular weight excluding hydrogens is 254 g/mol. The first kappa shape index (κ1) is 12.6. The zero-order chi connectivity index (χ0) is 14.1. The lowest BCUT2D eigenvalue weighted by Gasteiger charge is -2.06. The van der Waals surface area contributed by atoms with Gasteiger partial charge in [0.25, 0.3) is 5.56 Å². The fourth-order valence-corrected chi connectivity index (χ4v) is 2.30. The minimum absolute atomic E-state index is 0.103. The maximum absolute atomic E-state index is 11.6. The van der Waals surface area contributed by atoms with Crippen molar-refractivity contribution in [2.75, 3.05) is 6.61 Å². The van der Waals surface area contributed by atoms with Crippen LogP contribution in [0.3, 0.4) is 0 Å². The summed E-state index contributed by atoms with van der Waals surface area (Å²) in [4.78, 5) is 11.6. The molecule has 5 heteroatoms. The molecule has 2 aromatic heterocycles. The minimum atomic E-state index is -0.205. The fraction of sp³-hybridized carbons (Fsp3) is 0.200. The topological polar surface area (TPSA) is 60.0 Å². The summed E-state index contributed by atoms with van der Waals surface area (Å²) in [5.41, 5.74) is 2.63. The molecule has 0 unspecified atom stereocenters. The molecule has 2 heterocycles. The van der Waals surface area contributed by atoms with Gasteiger partial charge in [-0.25, -0.2) is 4.68 Å². The summed E-state index contributed by atoms with van der Waals surface area (Å²) in [6.07, 6.45) is 2.01. The summed E-state index contributed by atoms with van der Waals surface area (Å²) in [6.45, 7) is 0.105. The summed E-state index contributed by atoms with van der Waals surface area (Å²) < 4.78 is 3.34. The van der Waals surface area contributed by atoms with Gasteiger partial charge in [-0.05, 0) is 24.3 Å². The normalized spacial score (nSPS) is 11.1. The molecule has 0 aliphatic carbocycles. The molecule has 20 heavy (non-hydrogen) atoms. The largest absolute Gasteiger partial charge is 0.394 e. The van der Waals surface area contributed by atoms with E-state index in [2.05, 4.69) is 9.67 Å². The molecule has 102 valence electrons. The highest BCUT2D eigenvalue weighted by Gasteiger charge is 2.05. The number of aromatic nitrogens is 3. The van der Waals surface area contributed by atoms with Crippen molar-refractivity contribution in [1.82, 2.24) is 14.3 Å².